The Hall–Kier alpha value is -3.20. The molecule has 1 heterocycles. The molecule has 27 heavy (non-hydrogen) atoms. The van der Waals surface area contributed by atoms with Crippen LogP contribution in [0.4, 0.5) is 17.2 Å². The highest BCUT2D eigenvalue weighted by Crippen LogP contribution is 2.13. The van der Waals surface area contributed by atoms with Gasteiger partial charge in [-0.2, -0.15) is 0 Å². The molecule has 0 spiro atoms. The van der Waals surface area contributed by atoms with Crippen LogP contribution in [0.1, 0.15) is 6.92 Å². The van der Waals surface area contributed by atoms with Gasteiger partial charge in [0, 0.05) is 25.3 Å². The molecule has 2 aromatic rings. The fourth-order valence-electron chi connectivity index (χ4n) is 2.02. The summed E-state index contributed by atoms with van der Waals surface area (Å²) in [5.74, 6) is -0.816. The molecule has 0 radical (unpaired) electrons. The molecule has 0 fully saturated rings. The maximum Gasteiger partial charge on any atom is 0.326 e. The molecule has 9 nitrogen and oxygen atoms in total. The van der Waals surface area contributed by atoms with Gasteiger partial charge in [0.1, 0.15) is 6.54 Å². The second kappa shape index (κ2) is 9.48. The van der Waals surface area contributed by atoms with E-state index >= 15 is 0 Å². The Morgan fingerprint density at radius 1 is 1.04 bits per heavy atom. The summed E-state index contributed by atoms with van der Waals surface area (Å²) < 4.78 is 4.94. The smallest absolute Gasteiger partial charge is 0.326 e. The fraction of sp³-hybridized carbons (Fsp3) is 0.235. The number of hydrogen-bond acceptors (Lipinski definition) is 7. The molecule has 0 saturated carbocycles. The summed E-state index contributed by atoms with van der Waals surface area (Å²) in [6, 6.07) is 9.70. The molecule has 2 rings (SSSR count). The number of amides is 2. The third kappa shape index (κ3) is 6.90. The Morgan fingerprint density at radius 3 is 2.22 bits per heavy atom. The van der Waals surface area contributed by atoms with E-state index in [1.807, 2.05) is 0 Å². The number of esters is 1. The molecule has 2 amide bonds. The molecule has 0 bridgehead atoms. The van der Waals surface area contributed by atoms with Gasteiger partial charge in [0.2, 0.25) is 5.91 Å². The minimum Gasteiger partial charge on any atom is -0.454 e. The Bertz CT molecular complexity index is 811. The number of carbonyl (C=O) groups is 3. The van der Waals surface area contributed by atoms with Gasteiger partial charge in [-0.05, 0) is 36.4 Å². The van der Waals surface area contributed by atoms with Crippen molar-refractivity contribution in [3.63, 3.8) is 0 Å². The Labute approximate surface area is 160 Å². The van der Waals surface area contributed by atoms with Crippen LogP contribution in [-0.2, 0) is 19.1 Å². The number of anilines is 3. The van der Waals surface area contributed by atoms with Crippen LogP contribution in [0.15, 0.2) is 36.4 Å². The van der Waals surface area contributed by atoms with Crippen molar-refractivity contribution in [3.8, 4) is 0 Å². The van der Waals surface area contributed by atoms with Gasteiger partial charge >= 0.3 is 5.97 Å². The monoisotopic (exact) mass is 391 g/mol. The van der Waals surface area contributed by atoms with Gasteiger partial charge < -0.3 is 20.3 Å². The average Bonchev–Trinajstić information content (AvgIpc) is 2.62. The van der Waals surface area contributed by atoms with Crippen molar-refractivity contribution in [2.24, 2.45) is 0 Å². The lowest BCUT2D eigenvalue weighted by Crippen LogP contribution is -2.30. The van der Waals surface area contributed by atoms with E-state index in [0.29, 0.717) is 17.2 Å². The second-order valence-corrected chi connectivity index (χ2v) is 5.92. The second-order valence-electron chi connectivity index (χ2n) is 5.54. The van der Waals surface area contributed by atoms with Gasteiger partial charge in [-0.1, -0.05) is 11.6 Å². The number of aromatic nitrogens is 2. The topological polar surface area (TPSA) is 114 Å². The number of likely N-dealkylation sites (N-methyl/N-ethyl adjacent to an activating group) is 1. The van der Waals surface area contributed by atoms with Crippen LogP contribution >= 0.6 is 11.6 Å². The number of halogens is 1. The summed E-state index contributed by atoms with van der Waals surface area (Å²) in [7, 11) is 1.63. The first kappa shape index (κ1) is 20.1. The highest BCUT2D eigenvalue weighted by Gasteiger charge is 2.12. The van der Waals surface area contributed by atoms with Crippen LogP contribution in [-0.4, -0.2) is 48.2 Å². The molecular weight excluding hydrogens is 374 g/mol. The zero-order valence-corrected chi connectivity index (χ0v) is 15.5. The summed E-state index contributed by atoms with van der Waals surface area (Å²) in [4.78, 5) is 36.2. The van der Waals surface area contributed by atoms with Crippen molar-refractivity contribution < 1.29 is 19.1 Å². The molecule has 0 atom stereocenters. The molecule has 142 valence electrons. The Balaban J connectivity index is 1.76. The van der Waals surface area contributed by atoms with E-state index in [9.17, 15) is 14.4 Å². The lowest BCUT2D eigenvalue weighted by atomic mass is 10.2. The number of nitrogens with zero attached hydrogens (tertiary/aromatic N) is 3. The Morgan fingerprint density at radius 2 is 1.67 bits per heavy atom. The number of rotatable bonds is 7. The van der Waals surface area contributed by atoms with E-state index in [1.165, 1.54) is 11.8 Å². The predicted molar refractivity (Wildman–Crippen MR) is 101 cm³/mol. The molecule has 1 aromatic heterocycles. The zero-order chi connectivity index (χ0) is 19.8. The SMILES string of the molecule is CC(=O)Nc1ccc(NC(=O)COC(=O)CN(C)c2ccc(Cl)nn2)cc1. The van der Waals surface area contributed by atoms with E-state index in [4.69, 9.17) is 16.3 Å². The van der Waals surface area contributed by atoms with Gasteiger partial charge in [-0.3, -0.25) is 14.4 Å². The average molecular weight is 392 g/mol. The van der Waals surface area contributed by atoms with Crippen molar-refractivity contribution in [3.05, 3.63) is 41.6 Å². The van der Waals surface area contributed by atoms with E-state index < -0.39 is 18.5 Å². The quantitative estimate of drug-likeness (QED) is 0.690. The summed E-state index contributed by atoms with van der Waals surface area (Å²) in [6.07, 6.45) is 0. The first-order valence-corrected chi connectivity index (χ1v) is 8.25. The normalized spacial score (nSPS) is 10.0. The van der Waals surface area contributed by atoms with Crippen LogP contribution in [0.5, 0.6) is 0 Å². The fourth-order valence-corrected chi connectivity index (χ4v) is 2.12. The van der Waals surface area contributed by atoms with Gasteiger partial charge in [-0.25, -0.2) is 0 Å². The summed E-state index contributed by atoms with van der Waals surface area (Å²) in [6.45, 7) is 0.877. The van der Waals surface area contributed by atoms with Crippen molar-refractivity contribution in [2.75, 3.05) is 35.7 Å². The first-order chi connectivity index (χ1) is 12.8. The molecular formula is C17H18ClN5O4. The van der Waals surface area contributed by atoms with Crippen molar-refractivity contribution in [2.45, 2.75) is 6.92 Å². The maximum atomic E-state index is 11.9. The van der Waals surface area contributed by atoms with Gasteiger partial charge in [0.25, 0.3) is 5.91 Å². The van der Waals surface area contributed by atoms with Crippen LogP contribution < -0.4 is 15.5 Å². The highest BCUT2D eigenvalue weighted by molar-refractivity contribution is 6.29. The van der Waals surface area contributed by atoms with Crippen LogP contribution in [0.25, 0.3) is 0 Å². The number of carbonyl (C=O) groups excluding carboxylic acids is 3. The van der Waals surface area contributed by atoms with E-state index in [1.54, 1.807) is 43.4 Å². The van der Waals surface area contributed by atoms with Crippen LogP contribution in [0.2, 0.25) is 5.15 Å². The molecule has 0 aliphatic carbocycles. The van der Waals surface area contributed by atoms with E-state index in [-0.39, 0.29) is 17.6 Å². The standard InChI is InChI=1S/C17H18ClN5O4/c1-11(24)19-12-3-5-13(6-4-12)20-16(25)10-27-17(26)9-23(2)15-8-7-14(18)21-22-15/h3-8H,9-10H2,1-2H3,(H,19,24)(H,20,25). The van der Waals surface area contributed by atoms with Crippen LogP contribution in [0.3, 0.4) is 0 Å². The largest absolute Gasteiger partial charge is 0.454 e. The lowest BCUT2D eigenvalue weighted by molar-refractivity contribution is -0.145. The van der Waals surface area contributed by atoms with E-state index in [2.05, 4.69) is 20.8 Å². The lowest BCUT2D eigenvalue weighted by Gasteiger charge is -2.16. The van der Waals surface area contributed by atoms with Gasteiger partial charge in [0.15, 0.2) is 17.6 Å². The highest BCUT2D eigenvalue weighted by atomic mass is 35.5. The number of nitrogens with one attached hydrogen (secondary N) is 2. The minimum atomic E-state index is -0.592. The van der Waals surface area contributed by atoms with Crippen molar-refractivity contribution in [1.82, 2.24) is 10.2 Å². The number of ether oxygens (including phenoxy) is 1. The third-order valence-electron chi connectivity index (χ3n) is 3.23. The summed E-state index contributed by atoms with van der Waals surface area (Å²) >= 11 is 5.66. The zero-order valence-electron chi connectivity index (χ0n) is 14.7. The van der Waals surface area contributed by atoms with Gasteiger partial charge in [0.05, 0.1) is 0 Å². The van der Waals surface area contributed by atoms with Crippen molar-refractivity contribution in [1.29, 1.82) is 0 Å². The number of hydrogen-bond donors (Lipinski definition) is 2. The molecule has 1 aromatic carbocycles. The van der Waals surface area contributed by atoms with Crippen LogP contribution in [0, 0.1) is 0 Å². The molecule has 0 aliphatic heterocycles. The van der Waals surface area contributed by atoms with Gasteiger partial charge in [-0.15, -0.1) is 10.2 Å². The van der Waals surface area contributed by atoms with E-state index in [0.717, 1.165) is 0 Å². The predicted octanol–water partition coefficient (Wildman–Crippen LogP) is 1.71. The first-order valence-electron chi connectivity index (χ1n) is 7.87. The number of benzene rings is 1. The third-order valence-corrected chi connectivity index (χ3v) is 3.43. The van der Waals surface area contributed by atoms with Crippen molar-refractivity contribution >= 4 is 46.6 Å². The Kier molecular flexibility index (Phi) is 7.07. The molecule has 2 N–H and O–H groups in total. The summed E-state index contributed by atoms with van der Waals surface area (Å²) in [5.41, 5.74) is 1.12. The minimum absolute atomic E-state index is 0.102. The molecule has 0 aliphatic rings. The summed E-state index contributed by atoms with van der Waals surface area (Å²) in [5, 5.41) is 13.0. The molecule has 0 saturated heterocycles. The maximum absolute atomic E-state index is 11.9. The molecule has 0 unspecified atom stereocenters. The molecule has 10 heteroatoms.